The minimum Gasteiger partial charge on any atom is -0.371 e. The highest BCUT2D eigenvalue weighted by molar-refractivity contribution is 5.89. The van der Waals surface area contributed by atoms with E-state index in [1.807, 2.05) is 0 Å². The second kappa shape index (κ2) is 9.20. The molecule has 4 aromatic rings. The highest BCUT2D eigenvalue weighted by atomic mass is 19.3. The van der Waals surface area contributed by atoms with Crippen LogP contribution in [0.25, 0.3) is 27.9 Å². The van der Waals surface area contributed by atoms with E-state index in [-0.39, 0.29) is 52.2 Å². The largest absolute Gasteiger partial charge is 0.371 e. The molecule has 0 aliphatic carbocycles. The molecule has 36 heavy (non-hydrogen) atoms. The van der Waals surface area contributed by atoms with Crippen molar-refractivity contribution in [2.45, 2.75) is 38.5 Å². The first-order valence-electron chi connectivity index (χ1n) is 11.2. The number of rotatable bonds is 6. The minimum absolute atomic E-state index is 0.0401. The Hall–Kier alpha value is -4.04. The van der Waals surface area contributed by atoms with Crippen LogP contribution in [0, 0.1) is 5.82 Å². The summed E-state index contributed by atoms with van der Waals surface area (Å²) in [6, 6.07) is 2.39. The molecular formula is C21H22F4N10O. The SMILES string of the molecule is CNc1nc(N[C@@H]2CCN(C(C)=O)C[C@@H]2F)nn2cc(F)c(-c3ccc4nnn(CC(F)F)c4n3)c12. The van der Waals surface area contributed by atoms with Gasteiger partial charge in [-0.1, -0.05) is 5.21 Å². The van der Waals surface area contributed by atoms with Gasteiger partial charge >= 0.3 is 0 Å². The van der Waals surface area contributed by atoms with E-state index in [1.165, 1.54) is 28.5 Å². The quantitative estimate of drug-likeness (QED) is 0.383. The fourth-order valence-corrected chi connectivity index (χ4v) is 4.30. The molecule has 1 saturated heterocycles. The van der Waals surface area contributed by atoms with Crippen molar-refractivity contribution in [3.05, 3.63) is 24.1 Å². The van der Waals surface area contributed by atoms with Crippen LogP contribution in [0.15, 0.2) is 18.3 Å². The number of likely N-dealkylation sites (tertiary alicyclic amines) is 1. The van der Waals surface area contributed by atoms with Gasteiger partial charge in [0.15, 0.2) is 17.3 Å². The van der Waals surface area contributed by atoms with E-state index in [0.29, 0.717) is 13.0 Å². The van der Waals surface area contributed by atoms with Crippen LogP contribution in [0.5, 0.6) is 0 Å². The van der Waals surface area contributed by atoms with Gasteiger partial charge in [-0.3, -0.25) is 4.79 Å². The smallest absolute Gasteiger partial charge is 0.258 e. The number of hydrogen-bond acceptors (Lipinski definition) is 8. The maximum atomic E-state index is 15.2. The van der Waals surface area contributed by atoms with E-state index in [4.69, 9.17) is 0 Å². The molecule has 0 radical (unpaired) electrons. The predicted octanol–water partition coefficient (Wildman–Crippen LogP) is 2.35. The fourth-order valence-electron chi connectivity index (χ4n) is 4.30. The van der Waals surface area contributed by atoms with Crippen molar-refractivity contribution in [2.75, 3.05) is 30.8 Å². The Balaban J connectivity index is 1.51. The zero-order valence-corrected chi connectivity index (χ0v) is 19.3. The summed E-state index contributed by atoms with van der Waals surface area (Å²) in [5.41, 5.74) is 0.833. The lowest BCUT2D eigenvalue weighted by atomic mass is 10.0. The third kappa shape index (κ3) is 4.24. The highest BCUT2D eigenvalue weighted by Gasteiger charge is 2.31. The van der Waals surface area contributed by atoms with Crippen LogP contribution < -0.4 is 10.6 Å². The van der Waals surface area contributed by atoms with Crippen LogP contribution in [-0.2, 0) is 11.3 Å². The number of carbonyl (C=O) groups excluding carboxylic acids is 1. The van der Waals surface area contributed by atoms with Gasteiger partial charge in [0.1, 0.15) is 23.7 Å². The number of nitrogens with zero attached hydrogens (tertiary/aromatic N) is 8. The summed E-state index contributed by atoms with van der Waals surface area (Å²) in [7, 11) is 1.59. The number of fused-ring (bicyclic) bond motifs is 2. The molecule has 0 saturated carbocycles. The number of carbonyl (C=O) groups is 1. The number of aromatic nitrogens is 7. The number of amides is 1. The second-order valence-corrected chi connectivity index (χ2v) is 8.40. The molecule has 1 aliphatic heterocycles. The molecule has 0 aromatic carbocycles. The van der Waals surface area contributed by atoms with Gasteiger partial charge in [-0.25, -0.2) is 31.7 Å². The molecule has 0 bridgehead atoms. The minimum atomic E-state index is -2.67. The Morgan fingerprint density at radius 1 is 1.28 bits per heavy atom. The molecule has 1 fully saturated rings. The lowest BCUT2D eigenvalue weighted by Crippen LogP contribution is -2.49. The Kier molecular flexibility index (Phi) is 6.05. The van der Waals surface area contributed by atoms with E-state index >= 15 is 4.39 Å². The van der Waals surface area contributed by atoms with E-state index in [1.54, 1.807) is 7.05 Å². The monoisotopic (exact) mass is 506 g/mol. The maximum absolute atomic E-state index is 15.2. The maximum Gasteiger partial charge on any atom is 0.258 e. The summed E-state index contributed by atoms with van der Waals surface area (Å²) < 4.78 is 57.9. The summed E-state index contributed by atoms with van der Waals surface area (Å²) in [5.74, 6) is -0.554. The van der Waals surface area contributed by atoms with Crippen molar-refractivity contribution in [1.82, 2.24) is 39.5 Å². The molecule has 5 rings (SSSR count). The molecule has 2 N–H and O–H groups in total. The van der Waals surface area contributed by atoms with Crippen molar-refractivity contribution in [3.8, 4) is 11.3 Å². The second-order valence-electron chi connectivity index (χ2n) is 8.40. The zero-order valence-electron chi connectivity index (χ0n) is 19.3. The standard InChI is InChI=1S/C21H22F4N10O/c1-10(36)33-6-5-13(11(22)7-33)28-21-29-19(26-2)18-17(12(23)8-34(18)31-21)14-3-4-15-20(27-14)35(32-30-15)9-16(24)25/h3-4,8,11,13,16H,5-7,9H2,1-2H3,(H2,26,28,29,31)/t11-,13+/m0/s1. The van der Waals surface area contributed by atoms with Crippen LogP contribution >= 0.6 is 0 Å². The van der Waals surface area contributed by atoms with Crippen LogP contribution in [0.2, 0.25) is 0 Å². The number of nitrogens with one attached hydrogen (secondary N) is 2. The van der Waals surface area contributed by atoms with E-state index < -0.39 is 31.0 Å². The molecule has 1 aliphatic rings. The summed E-state index contributed by atoms with van der Waals surface area (Å²) in [6.07, 6.45) is -2.52. The third-order valence-electron chi connectivity index (χ3n) is 6.05. The third-order valence-corrected chi connectivity index (χ3v) is 6.05. The lowest BCUT2D eigenvalue weighted by Gasteiger charge is -2.34. The molecule has 11 nitrogen and oxygen atoms in total. The fraction of sp³-hybridized carbons (Fsp3) is 0.429. The lowest BCUT2D eigenvalue weighted by molar-refractivity contribution is -0.131. The van der Waals surface area contributed by atoms with Crippen molar-refractivity contribution in [3.63, 3.8) is 0 Å². The molecule has 2 atom stereocenters. The van der Waals surface area contributed by atoms with Crippen LogP contribution in [0.3, 0.4) is 0 Å². The van der Waals surface area contributed by atoms with Gasteiger partial charge in [-0.05, 0) is 18.6 Å². The van der Waals surface area contributed by atoms with Crippen molar-refractivity contribution in [1.29, 1.82) is 0 Å². The van der Waals surface area contributed by atoms with Gasteiger partial charge in [-0.15, -0.1) is 10.2 Å². The molecule has 4 aromatic heterocycles. The summed E-state index contributed by atoms with van der Waals surface area (Å²) >= 11 is 0. The summed E-state index contributed by atoms with van der Waals surface area (Å²) in [6.45, 7) is 1.04. The Labute approximate surface area is 201 Å². The number of halogens is 4. The number of pyridine rings is 1. The summed E-state index contributed by atoms with van der Waals surface area (Å²) in [5, 5.41) is 17.6. The van der Waals surface area contributed by atoms with Gasteiger partial charge < -0.3 is 15.5 Å². The molecule has 0 spiro atoms. The molecular weight excluding hydrogens is 484 g/mol. The predicted molar refractivity (Wildman–Crippen MR) is 122 cm³/mol. The van der Waals surface area contributed by atoms with Crippen LogP contribution in [-0.4, -0.2) is 84.2 Å². The van der Waals surface area contributed by atoms with Gasteiger partial charge in [0.25, 0.3) is 6.43 Å². The Bertz CT molecular complexity index is 1440. The Morgan fingerprint density at radius 3 is 2.78 bits per heavy atom. The van der Waals surface area contributed by atoms with Gasteiger partial charge in [-0.2, -0.15) is 4.98 Å². The van der Waals surface area contributed by atoms with Crippen LogP contribution in [0.1, 0.15) is 13.3 Å². The van der Waals surface area contributed by atoms with Crippen molar-refractivity contribution in [2.24, 2.45) is 0 Å². The number of alkyl halides is 3. The molecule has 15 heteroatoms. The first-order chi connectivity index (χ1) is 17.2. The molecule has 0 unspecified atom stereocenters. The topological polar surface area (TPSA) is 118 Å². The highest BCUT2D eigenvalue weighted by Crippen LogP contribution is 2.33. The van der Waals surface area contributed by atoms with Crippen LogP contribution in [0.4, 0.5) is 29.3 Å². The van der Waals surface area contributed by atoms with Gasteiger partial charge in [0.2, 0.25) is 11.9 Å². The first kappa shape index (κ1) is 23.7. The molecule has 5 heterocycles. The molecule has 1 amide bonds. The average molecular weight is 506 g/mol. The van der Waals surface area contributed by atoms with E-state index in [0.717, 1.165) is 10.9 Å². The van der Waals surface area contributed by atoms with Gasteiger partial charge in [0, 0.05) is 20.5 Å². The average Bonchev–Trinajstić information content (AvgIpc) is 3.38. The van der Waals surface area contributed by atoms with Crippen molar-refractivity contribution < 1.29 is 22.4 Å². The van der Waals surface area contributed by atoms with E-state index in [2.05, 4.69) is 36.0 Å². The van der Waals surface area contributed by atoms with Gasteiger partial charge in [0.05, 0.1) is 30.0 Å². The number of piperidine rings is 1. The summed E-state index contributed by atoms with van der Waals surface area (Å²) in [4.78, 5) is 21.7. The molecule has 190 valence electrons. The number of hydrogen-bond donors (Lipinski definition) is 2. The first-order valence-corrected chi connectivity index (χ1v) is 11.2. The normalized spacial score (nSPS) is 18.4. The number of anilines is 2. The van der Waals surface area contributed by atoms with Crippen molar-refractivity contribution >= 4 is 34.4 Å². The Morgan fingerprint density at radius 2 is 2.08 bits per heavy atom. The zero-order chi connectivity index (χ0) is 25.6. The van der Waals surface area contributed by atoms with E-state index in [9.17, 15) is 18.0 Å².